The van der Waals surface area contributed by atoms with Crippen molar-refractivity contribution in [1.29, 1.82) is 0 Å². The van der Waals surface area contributed by atoms with E-state index < -0.39 is 13.8 Å². The molecule has 0 N–H and O–H groups in total. The third-order valence-electron chi connectivity index (χ3n) is 0. The molecule has 0 spiro atoms. The maximum absolute atomic E-state index is 9.08. The van der Waals surface area contributed by atoms with Crippen LogP contribution in [-0.2, 0) is 40.9 Å². The van der Waals surface area contributed by atoms with Crippen LogP contribution in [0.1, 0.15) is 0 Å². The molecule has 0 heterocycles. The monoisotopic (exact) mass is 166 g/mol. The van der Waals surface area contributed by atoms with E-state index in [0.717, 1.165) is 5.82 Å². The van der Waals surface area contributed by atoms with E-state index in [1.165, 1.54) is 0 Å². The summed E-state index contributed by atoms with van der Waals surface area (Å²) in [5.41, 5.74) is 0. The van der Waals surface area contributed by atoms with Gasteiger partial charge in [-0.2, -0.15) is 0 Å². The summed E-state index contributed by atoms with van der Waals surface area (Å²) < 4.78 is 18.2. The van der Waals surface area contributed by atoms with Crippen LogP contribution in [0.4, 0.5) is 0 Å². The van der Waals surface area contributed by atoms with E-state index in [1.54, 1.807) is 0 Å². The summed E-state index contributed by atoms with van der Waals surface area (Å²) in [7, 11) is 0. The smallest absolute Gasteiger partial charge is 0 e. The SMILES string of the molecule is [CH3][Mn](=[O])=[O].[Zn]. The molecule has 0 amide bonds. The minimum atomic E-state index is -2.40. The fourth-order valence-corrected chi connectivity index (χ4v) is 0. The standard InChI is InChI=1S/CH3.Mn.2O.Zn/h1H3;;;;. The van der Waals surface area contributed by atoms with Gasteiger partial charge >= 0.3 is 27.3 Å². The Morgan fingerprint density at radius 3 is 1.40 bits per heavy atom. The van der Waals surface area contributed by atoms with E-state index in [1.807, 2.05) is 0 Å². The van der Waals surface area contributed by atoms with E-state index in [0.29, 0.717) is 0 Å². The van der Waals surface area contributed by atoms with Crippen molar-refractivity contribution in [2.45, 2.75) is 5.82 Å². The Balaban J connectivity index is 0. The van der Waals surface area contributed by atoms with Crippen molar-refractivity contribution >= 4 is 0 Å². The second kappa shape index (κ2) is 4.74. The van der Waals surface area contributed by atoms with E-state index in [2.05, 4.69) is 0 Å². The molecule has 28 valence electrons. The summed E-state index contributed by atoms with van der Waals surface area (Å²) in [6.45, 7) is 0. The summed E-state index contributed by atoms with van der Waals surface area (Å²) >= 11 is -2.40. The molecule has 0 atom stereocenters. The molecule has 4 heteroatoms. The molecule has 0 rings (SSSR count). The van der Waals surface area contributed by atoms with Crippen LogP contribution < -0.4 is 0 Å². The second-order valence-electron chi connectivity index (χ2n) is 0.372. The molecule has 0 saturated carbocycles. The summed E-state index contributed by atoms with van der Waals surface area (Å²) in [6, 6.07) is 0. The van der Waals surface area contributed by atoms with Crippen molar-refractivity contribution in [3.63, 3.8) is 0 Å². The molecule has 0 radical (unpaired) electrons. The Morgan fingerprint density at radius 2 is 1.40 bits per heavy atom. The molecule has 2 nitrogen and oxygen atoms in total. The Bertz CT molecular complexity index is 58.0. The summed E-state index contributed by atoms with van der Waals surface area (Å²) in [6.07, 6.45) is 0. The van der Waals surface area contributed by atoms with Crippen LogP contribution >= 0.6 is 0 Å². The number of rotatable bonds is 0. The minimum Gasteiger partial charge on any atom is 0 e. The Hall–Kier alpha value is 0.743. The van der Waals surface area contributed by atoms with Crippen molar-refractivity contribution in [3.8, 4) is 0 Å². The zero-order valence-electron chi connectivity index (χ0n) is 2.90. The average molecular weight is 167 g/mol. The van der Waals surface area contributed by atoms with Gasteiger partial charge in [0.15, 0.2) is 0 Å². The van der Waals surface area contributed by atoms with Gasteiger partial charge in [0.25, 0.3) is 0 Å². The van der Waals surface area contributed by atoms with Crippen molar-refractivity contribution in [2.75, 3.05) is 0 Å². The maximum atomic E-state index is 9.08. The van der Waals surface area contributed by atoms with Crippen molar-refractivity contribution in [3.05, 3.63) is 0 Å². The minimum absolute atomic E-state index is 0. The first-order valence-corrected chi connectivity index (χ1v) is 2.83. The molecule has 0 saturated heterocycles. The first-order chi connectivity index (χ1) is 1.73. The van der Waals surface area contributed by atoms with Crippen LogP contribution in [0.25, 0.3) is 0 Å². The van der Waals surface area contributed by atoms with Gasteiger partial charge in [0.05, 0.1) is 0 Å². The van der Waals surface area contributed by atoms with Gasteiger partial charge in [-0.3, -0.25) is 0 Å². The molecule has 0 unspecified atom stereocenters. The molecular weight excluding hydrogens is 164 g/mol. The molecular formula is CH3MnO2Zn. The van der Waals surface area contributed by atoms with Crippen LogP contribution in [-0.4, -0.2) is 0 Å². The van der Waals surface area contributed by atoms with Crippen LogP contribution in [0.2, 0.25) is 5.82 Å². The molecule has 0 bridgehead atoms. The van der Waals surface area contributed by atoms with E-state index in [9.17, 15) is 0 Å². The predicted octanol–water partition coefficient (Wildman–Crippen LogP) is 0.341. The van der Waals surface area contributed by atoms with Crippen LogP contribution in [0.3, 0.4) is 0 Å². The molecule has 0 aliphatic heterocycles. The van der Waals surface area contributed by atoms with Crippen LogP contribution in [0.15, 0.2) is 0 Å². The largest absolute Gasteiger partial charge is 0 e. The van der Waals surface area contributed by atoms with Crippen molar-refractivity contribution < 1.29 is 40.9 Å². The van der Waals surface area contributed by atoms with Gasteiger partial charge in [0.1, 0.15) is 0 Å². The zero-order chi connectivity index (χ0) is 3.58. The predicted molar refractivity (Wildman–Crippen MR) is 7.24 cm³/mol. The molecule has 0 aromatic carbocycles. The summed E-state index contributed by atoms with van der Waals surface area (Å²) in [4.78, 5) is 0. The zero-order valence-corrected chi connectivity index (χ0v) is 7.05. The molecule has 0 fully saturated rings. The first-order valence-electron chi connectivity index (χ1n) is 0.687. The third kappa shape index (κ3) is 64.7. The van der Waals surface area contributed by atoms with E-state index >= 15 is 0 Å². The molecule has 0 aromatic rings. The molecule has 0 aliphatic carbocycles. The number of hydrogen-bond acceptors (Lipinski definition) is 2. The summed E-state index contributed by atoms with van der Waals surface area (Å²) in [5, 5.41) is 0. The van der Waals surface area contributed by atoms with Crippen LogP contribution in [0.5, 0.6) is 0 Å². The van der Waals surface area contributed by atoms with Gasteiger partial charge in [0.2, 0.25) is 0 Å². The van der Waals surface area contributed by atoms with E-state index in [-0.39, 0.29) is 19.5 Å². The third-order valence-corrected chi connectivity index (χ3v) is 0. The van der Waals surface area contributed by atoms with Gasteiger partial charge in [-0.15, -0.1) is 0 Å². The molecule has 5 heavy (non-hydrogen) atoms. The van der Waals surface area contributed by atoms with Gasteiger partial charge < -0.3 is 0 Å². The van der Waals surface area contributed by atoms with Crippen LogP contribution in [0, 0.1) is 0 Å². The second-order valence-corrected chi connectivity index (χ2v) is 1.53. The molecule has 0 aromatic heterocycles. The van der Waals surface area contributed by atoms with Crippen molar-refractivity contribution in [2.24, 2.45) is 0 Å². The maximum Gasteiger partial charge on any atom is 0 e. The topological polar surface area (TPSA) is 34.1 Å². The Morgan fingerprint density at radius 1 is 1.40 bits per heavy atom. The van der Waals surface area contributed by atoms with E-state index in [4.69, 9.17) is 7.67 Å². The average Bonchev–Trinajstić information content (AvgIpc) is 0.811. The quantitative estimate of drug-likeness (QED) is 0.488. The molecule has 0 aliphatic rings. The Labute approximate surface area is 47.0 Å². The van der Waals surface area contributed by atoms with Crippen molar-refractivity contribution in [1.82, 2.24) is 0 Å². The van der Waals surface area contributed by atoms with Gasteiger partial charge in [-0.1, -0.05) is 0 Å². The van der Waals surface area contributed by atoms with Gasteiger partial charge in [0, 0.05) is 19.5 Å². The fourth-order valence-electron chi connectivity index (χ4n) is 0. The fraction of sp³-hybridized carbons (Fsp3) is 1.00. The summed E-state index contributed by atoms with van der Waals surface area (Å²) in [5.74, 6) is 1.16. The van der Waals surface area contributed by atoms with Gasteiger partial charge in [-0.25, -0.2) is 0 Å². The Kier molecular flexibility index (Phi) is 8.75. The van der Waals surface area contributed by atoms with Gasteiger partial charge in [-0.05, 0) is 0 Å². The normalized spacial score (nSPS) is 6.80. The number of hydrogen-bond donors (Lipinski definition) is 0. The first kappa shape index (κ1) is 9.22.